The Morgan fingerprint density at radius 3 is 2.65 bits per heavy atom. The first-order valence-corrected chi connectivity index (χ1v) is 6.07. The van der Waals surface area contributed by atoms with Gasteiger partial charge in [-0.25, -0.2) is 4.98 Å². The van der Waals surface area contributed by atoms with Crippen LogP contribution >= 0.6 is 34.8 Å². The van der Waals surface area contributed by atoms with Gasteiger partial charge in [0.2, 0.25) is 0 Å². The van der Waals surface area contributed by atoms with Crippen LogP contribution in [0.4, 0.5) is 0 Å². The molecule has 0 aromatic carbocycles. The van der Waals surface area contributed by atoms with Crippen molar-refractivity contribution in [1.82, 2.24) is 9.88 Å². The van der Waals surface area contributed by atoms with E-state index in [2.05, 4.69) is 4.98 Å². The third kappa shape index (κ3) is 2.36. The van der Waals surface area contributed by atoms with Crippen LogP contribution in [0.1, 0.15) is 10.5 Å². The Morgan fingerprint density at radius 2 is 2.06 bits per heavy atom. The minimum Gasteiger partial charge on any atom is -0.396 e. The number of hydrogen-bond acceptors (Lipinski definition) is 3. The van der Waals surface area contributed by atoms with Crippen molar-refractivity contribution in [1.29, 1.82) is 0 Å². The fraction of sp³-hybridized carbons (Fsp3) is 0.400. The van der Waals surface area contributed by atoms with Crippen LogP contribution in [0.2, 0.25) is 15.1 Å². The Morgan fingerprint density at radius 1 is 1.41 bits per heavy atom. The van der Waals surface area contributed by atoms with E-state index >= 15 is 0 Å². The summed E-state index contributed by atoms with van der Waals surface area (Å²) in [6.45, 7) is 1.09. The molecule has 17 heavy (non-hydrogen) atoms. The predicted molar refractivity (Wildman–Crippen MR) is 65.7 cm³/mol. The molecule has 0 unspecified atom stereocenters. The Labute approximate surface area is 113 Å². The number of hydrogen-bond donors (Lipinski definition) is 1. The van der Waals surface area contributed by atoms with E-state index in [0.29, 0.717) is 13.1 Å². The molecule has 4 nitrogen and oxygen atoms in total. The highest BCUT2D eigenvalue weighted by molar-refractivity contribution is 6.48. The van der Waals surface area contributed by atoms with Gasteiger partial charge in [-0.2, -0.15) is 0 Å². The van der Waals surface area contributed by atoms with Gasteiger partial charge in [0.1, 0.15) is 5.69 Å². The van der Waals surface area contributed by atoms with Crippen LogP contribution in [0, 0.1) is 5.92 Å². The van der Waals surface area contributed by atoms with Crippen molar-refractivity contribution in [3.8, 4) is 0 Å². The number of carbonyl (C=O) groups is 1. The third-order valence-corrected chi connectivity index (χ3v) is 3.86. The molecule has 1 aliphatic heterocycles. The van der Waals surface area contributed by atoms with Crippen LogP contribution in [-0.4, -0.2) is 40.6 Å². The van der Waals surface area contributed by atoms with Crippen molar-refractivity contribution in [2.75, 3.05) is 19.7 Å². The first kappa shape index (κ1) is 12.9. The van der Waals surface area contributed by atoms with Gasteiger partial charge in [0, 0.05) is 31.8 Å². The Bertz CT molecular complexity index is 461. The highest BCUT2D eigenvalue weighted by Gasteiger charge is 2.32. The van der Waals surface area contributed by atoms with Crippen LogP contribution in [-0.2, 0) is 0 Å². The molecule has 1 N–H and O–H groups in total. The molecular formula is C10H9Cl3N2O2. The molecular weight excluding hydrogens is 286 g/mol. The lowest BCUT2D eigenvalue weighted by Gasteiger charge is -2.38. The monoisotopic (exact) mass is 294 g/mol. The van der Waals surface area contributed by atoms with E-state index in [1.165, 1.54) is 6.20 Å². The number of carbonyl (C=O) groups excluding carboxylic acids is 1. The van der Waals surface area contributed by atoms with Crippen LogP contribution in [0.3, 0.4) is 0 Å². The number of rotatable bonds is 2. The molecule has 7 heteroatoms. The summed E-state index contributed by atoms with van der Waals surface area (Å²) in [6.07, 6.45) is 1.30. The number of pyridine rings is 1. The molecule has 1 fully saturated rings. The van der Waals surface area contributed by atoms with Gasteiger partial charge in [0.15, 0.2) is 0 Å². The molecule has 0 atom stereocenters. The molecule has 1 aliphatic rings. The number of likely N-dealkylation sites (tertiary alicyclic amines) is 1. The maximum Gasteiger partial charge on any atom is 0.274 e. The summed E-state index contributed by atoms with van der Waals surface area (Å²) in [7, 11) is 0. The highest BCUT2D eigenvalue weighted by Crippen LogP contribution is 2.32. The summed E-state index contributed by atoms with van der Waals surface area (Å²) in [5.74, 6) is -0.154. The van der Waals surface area contributed by atoms with E-state index in [-0.39, 0.29) is 39.2 Å². The van der Waals surface area contributed by atoms with Gasteiger partial charge in [-0.05, 0) is 0 Å². The fourth-order valence-corrected chi connectivity index (χ4v) is 2.15. The molecule has 0 radical (unpaired) electrons. The molecule has 1 amide bonds. The van der Waals surface area contributed by atoms with Crippen LogP contribution in [0.15, 0.2) is 6.20 Å². The quantitative estimate of drug-likeness (QED) is 0.909. The summed E-state index contributed by atoms with van der Waals surface area (Å²) in [5.41, 5.74) is 0.0949. The van der Waals surface area contributed by atoms with Gasteiger partial charge in [-0.1, -0.05) is 34.8 Å². The second-order valence-electron chi connectivity index (χ2n) is 3.84. The number of halogens is 3. The van der Waals surface area contributed by atoms with Crippen molar-refractivity contribution in [3.63, 3.8) is 0 Å². The summed E-state index contributed by atoms with van der Waals surface area (Å²) in [5, 5.41) is 9.28. The normalized spacial score (nSPS) is 15.9. The molecule has 2 rings (SSSR count). The van der Waals surface area contributed by atoms with E-state index in [9.17, 15) is 4.79 Å². The summed E-state index contributed by atoms with van der Waals surface area (Å²) in [4.78, 5) is 17.4. The van der Waals surface area contributed by atoms with Crippen molar-refractivity contribution in [2.24, 2.45) is 5.92 Å². The zero-order chi connectivity index (χ0) is 12.6. The zero-order valence-electron chi connectivity index (χ0n) is 8.66. The topological polar surface area (TPSA) is 53.4 Å². The number of amides is 1. The highest BCUT2D eigenvalue weighted by atomic mass is 35.5. The SMILES string of the molecule is O=C(c1ncc(Cl)c(Cl)c1Cl)N1CC(CO)C1. The van der Waals surface area contributed by atoms with Crippen molar-refractivity contribution >= 4 is 40.7 Å². The number of nitrogens with zero attached hydrogens (tertiary/aromatic N) is 2. The average molecular weight is 296 g/mol. The number of aromatic nitrogens is 1. The lowest BCUT2D eigenvalue weighted by Crippen LogP contribution is -2.51. The number of aliphatic hydroxyl groups excluding tert-OH is 1. The maximum absolute atomic E-state index is 12.0. The lowest BCUT2D eigenvalue weighted by molar-refractivity contribution is 0.0357. The minimum atomic E-state index is -0.293. The summed E-state index contributed by atoms with van der Waals surface area (Å²) in [6, 6.07) is 0. The molecule has 2 heterocycles. The smallest absolute Gasteiger partial charge is 0.274 e. The van der Waals surface area contributed by atoms with Crippen LogP contribution in [0.5, 0.6) is 0 Å². The Balaban J connectivity index is 2.18. The molecule has 1 aromatic heterocycles. The van der Waals surface area contributed by atoms with E-state index in [0.717, 1.165) is 0 Å². The van der Waals surface area contributed by atoms with Crippen molar-refractivity contribution < 1.29 is 9.90 Å². The standard InChI is InChI=1S/C10H9Cl3N2O2/c11-6-1-14-9(8(13)7(6)12)10(17)15-2-5(3-15)4-16/h1,5,16H,2-4H2. The average Bonchev–Trinajstić information content (AvgIpc) is 2.24. The first-order chi connectivity index (χ1) is 8.04. The fourth-order valence-electron chi connectivity index (χ4n) is 1.59. The molecule has 0 saturated carbocycles. The van der Waals surface area contributed by atoms with E-state index in [4.69, 9.17) is 39.9 Å². The Hall–Kier alpha value is -0.550. The van der Waals surface area contributed by atoms with Gasteiger partial charge in [-0.3, -0.25) is 4.79 Å². The lowest BCUT2D eigenvalue weighted by atomic mass is 10.0. The van der Waals surface area contributed by atoms with Crippen LogP contribution in [0.25, 0.3) is 0 Å². The van der Waals surface area contributed by atoms with Crippen molar-refractivity contribution in [2.45, 2.75) is 0 Å². The first-order valence-electron chi connectivity index (χ1n) is 4.94. The second kappa shape index (κ2) is 4.98. The maximum atomic E-state index is 12.0. The number of aliphatic hydroxyl groups is 1. The van der Waals surface area contributed by atoms with Gasteiger partial charge >= 0.3 is 0 Å². The van der Waals surface area contributed by atoms with Gasteiger partial charge < -0.3 is 10.0 Å². The molecule has 1 aromatic rings. The van der Waals surface area contributed by atoms with Gasteiger partial charge in [-0.15, -0.1) is 0 Å². The van der Waals surface area contributed by atoms with E-state index in [1.807, 2.05) is 0 Å². The largest absolute Gasteiger partial charge is 0.396 e. The summed E-state index contributed by atoms with van der Waals surface area (Å²) < 4.78 is 0. The van der Waals surface area contributed by atoms with Crippen molar-refractivity contribution in [3.05, 3.63) is 27.0 Å². The predicted octanol–water partition coefficient (Wildman–Crippen LogP) is 2.11. The second-order valence-corrected chi connectivity index (χ2v) is 5.00. The zero-order valence-corrected chi connectivity index (χ0v) is 10.9. The molecule has 0 spiro atoms. The Kier molecular flexibility index (Phi) is 3.78. The van der Waals surface area contributed by atoms with Gasteiger partial charge in [0.25, 0.3) is 5.91 Å². The molecule has 1 saturated heterocycles. The minimum absolute atomic E-state index is 0.0663. The van der Waals surface area contributed by atoms with E-state index < -0.39 is 0 Å². The van der Waals surface area contributed by atoms with E-state index in [1.54, 1.807) is 4.90 Å². The molecule has 92 valence electrons. The summed E-state index contributed by atoms with van der Waals surface area (Å²) >= 11 is 17.5. The third-order valence-electron chi connectivity index (χ3n) is 2.62. The van der Waals surface area contributed by atoms with Gasteiger partial charge in [0.05, 0.1) is 15.1 Å². The molecule has 0 aliphatic carbocycles. The van der Waals surface area contributed by atoms with Crippen LogP contribution < -0.4 is 0 Å². The molecule has 0 bridgehead atoms.